The van der Waals surface area contributed by atoms with Gasteiger partial charge in [0.15, 0.2) is 0 Å². The maximum absolute atomic E-state index is 5.53. The van der Waals surface area contributed by atoms with Crippen LogP contribution in [-0.4, -0.2) is 30.4 Å². The Hall–Kier alpha value is -2.29. The van der Waals surface area contributed by atoms with Crippen LogP contribution in [0.25, 0.3) is 0 Å². The van der Waals surface area contributed by atoms with Crippen molar-refractivity contribution in [3.63, 3.8) is 0 Å². The minimum absolute atomic E-state index is 0.519. The average molecular weight is 308 g/mol. The highest BCUT2D eigenvalue weighted by Crippen LogP contribution is 2.30. The summed E-state index contributed by atoms with van der Waals surface area (Å²) in [7, 11) is 1.70. The Morgan fingerprint density at radius 2 is 1.96 bits per heavy atom. The predicted molar refractivity (Wildman–Crippen MR) is 95.8 cm³/mol. The maximum atomic E-state index is 5.53. The first-order chi connectivity index (χ1) is 11.2. The van der Waals surface area contributed by atoms with Crippen LogP contribution in [0.2, 0.25) is 0 Å². The van der Waals surface area contributed by atoms with Crippen molar-refractivity contribution in [1.29, 1.82) is 0 Å². The number of hydrogen-bond donors (Lipinski definition) is 0. The van der Waals surface area contributed by atoms with Crippen molar-refractivity contribution < 1.29 is 4.74 Å². The van der Waals surface area contributed by atoms with Crippen LogP contribution in [0.3, 0.4) is 0 Å². The zero-order chi connectivity index (χ0) is 16.2. The Morgan fingerprint density at radius 1 is 1.17 bits per heavy atom. The lowest BCUT2D eigenvalue weighted by molar-refractivity contribution is 0.410. The predicted octanol–water partition coefficient (Wildman–Crippen LogP) is 4.57. The number of aliphatic imine (C=N–C) groups is 1. The van der Waals surface area contributed by atoms with E-state index in [2.05, 4.69) is 49.1 Å². The van der Waals surface area contributed by atoms with E-state index >= 15 is 0 Å². The molecule has 2 aromatic carbocycles. The normalized spacial score (nSPS) is 18.3. The van der Waals surface area contributed by atoms with E-state index < -0.39 is 0 Å². The molecule has 0 aliphatic carbocycles. The summed E-state index contributed by atoms with van der Waals surface area (Å²) in [5, 5.41) is 0. The van der Waals surface area contributed by atoms with Gasteiger partial charge in [0.2, 0.25) is 0 Å². The van der Waals surface area contributed by atoms with Crippen molar-refractivity contribution in [2.45, 2.75) is 32.7 Å². The van der Waals surface area contributed by atoms with Crippen molar-refractivity contribution >= 4 is 11.5 Å². The monoisotopic (exact) mass is 308 g/mol. The van der Waals surface area contributed by atoms with E-state index in [-0.39, 0.29) is 0 Å². The van der Waals surface area contributed by atoms with Gasteiger partial charge in [-0.15, -0.1) is 0 Å². The minimum atomic E-state index is 0.519. The molecule has 0 saturated carbocycles. The summed E-state index contributed by atoms with van der Waals surface area (Å²) in [6.07, 6.45) is 2.44. The van der Waals surface area contributed by atoms with Crippen LogP contribution in [0, 0.1) is 6.92 Å². The van der Waals surface area contributed by atoms with E-state index in [0.29, 0.717) is 6.04 Å². The van der Waals surface area contributed by atoms with E-state index in [1.807, 2.05) is 18.2 Å². The molecule has 2 aromatic rings. The lowest BCUT2D eigenvalue weighted by Crippen LogP contribution is -2.34. The summed E-state index contributed by atoms with van der Waals surface area (Å²) in [5.74, 6) is 1.86. The standard InChI is InChI=1S/C20H24N2O/c1-15-11-12-18(19(14-15)23-3)21-20(17-9-5-4-6-10-17)22-13-7-8-16(22)2/h4-6,9-12,14,16H,7-8,13H2,1-3H3. The fraction of sp³-hybridized carbons (Fsp3) is 0.350. The van der Waals surface area contributed by atoms with Crippen LogP contribution >= 0.6 is 0 Å². The van der Waals surface area contributed by atoms with E-state index in [0.717, 1.165) is 29.4 Å². The van der Waals surface area contributed by atoms with E-state index in [4.69, 9.17) is 9.73 Å². The molecule has 0 aromatic heterocycles. The Morgan fingerprint density at radius 3 is 2.61 bits per heavy atom. The van der Waals surface area contributed by atoms with Crippen molar-refractivity contribution in [2.75, 3.05) is 13.7 Å². The van der Waals surface area contributed by atoms with Crippen molar-refractivity contribution in [3.8, 4) is 5.75 Å². The van der Waals surface area contributed by atoms with Gasteiger partial charge in [-0.3, -0.25) is 0 Å². The Balaban J connectivity index is 2.08. The van der Waals surface area contributed by atoms with Gasteiger partial charge < -0.3 is 9.64 Å². The molecule has 1 heterocycles. The highest BCUT2D eigenvalue weighted by Gasteiger charge is 2.24. The maximum Gasteiger partial charge on any atom is 0.144 e. The molecule has 3 rings (SSSR count). The summed E-state index contributed by atoms with van der Waals surface area (Å²) in [5.41, 5.74) is 3.22. The molecular formula is C20H24N2O. The van der Waals surface area contributed by atoms with Gasteiger partial charge >= 0.3 is 0 Å². The summed E-state index contributed by atoms with van der Waals surface area (Å²) >= 11 is 0. The van der Waals surface area contributed by atoms with Crippen molar-refractivity contribution in [2.24, 2.45) is 4.99 Å². The van der Waals surface area contributed by atoms with Crippen LogP contribution in [-0.2, 0) is 0 Å². The summed E-state index contributed by atoms with van der Waals surface area (Å²) in [4.78, 5) is 7.40. The third-order valence-corrected chi connectivity index (χ3v) is 4.42. The topological polar surface area (TPSA) is 24.8 Å². The molecular weight excluding hydrogens is 284 g/mol. The van der Waals surface area contributed by atoms with Gasteiger partial charge in [-0.05, 0) is 44.4 Å². The largest absolute Gasteiger partial charge is 0.494 e. The number of aryl methyl sites for hydroxylation is 1. The second kappa shape index (κ2) is 6.86. The van der Waals surface area contributed by atoms with Gasteiger partial charge in [0, 0.05) is 18.2 Å². The zero-order valence-corrected chi connectivity index (χ0v) is 14.1. The number of rotatable bonds is 3. The number of likely N-dealkylation sites (tertiary alicyclic amines) is 1. The molecule has 23 heavy (non-hydrogen) atoms. The van der Waals surface area contributed by atoms with Gasteiger partial charge in [0.05, 0.1) is 7.11 Å². The molecule has 1 atom stereocenters. The second-order valence-electron chi connectivity index (χ2n) is 6.16. The molecule has 3 nitrogen and oxygen atoms in total. The molecule has 0 radical (unpaired) electrons. The van der Waals surface area contributed by atoms with Crippen LogP contribution in [0.4, 0.5) is 5.69 Å². The Kier molecular flexibility index (Phi) is 4.65. The highest BCUT2D eigenvalue weighted by molar-refractivity contribution is 6.01. The van der Waals surface area contributed by atoms with Crippen molar-refractivity contribution in [1.82, 2.24) is 4.90 Å². The van der Waals surface area contributed by atoms with Gasteiger partial charge in [0.25, 0.3) is 0 Å². The molecule has 0 amide bonds. The molecule has 1 saturated heterocycles. The third kappa shape index (κ3) is 3.39. The zero-order valence-electron chi connectivity index (χ0n) is 14.1. The second-order valence-corrected chi connectivity index (χ2v) is 6.16. The third-order valence-electron chi connectivity index (χ3n) is 4.42. The molecule has 120 valence electrons. The van der Waals surface area contributed by atoms with E-state index in [1.165, 1.54) is 18.4 Å². The Labute approximate surface area is 138 Å². The fourth-order valence-corrected chi connectivity index (χ4v) is 3.12. The molecule has 0 N–H and O–H groups in total. The fourth-order valence-electron chi connectivity index (χ4n) is 3.12. The average Bonchev–Trinajstić information content (AvgIpc) is 3.00. The van der Waals surface area contributed by atoms with Gasteiger partial charge in [0.1, 0.15) is 17.3 Å². The number of nitrogens with zero attached hydrogens (tertiary/aromatic N) is 2. The highest BCUT2D eigenvalue weighted by atomic mass is 16.5. The van der Waals surface area contributed by atoms with Crippen LogP contribution in [0.15, 0.2) is 53.5 Å². The van der Waals surface area contributed by atoms with Gasteiger partial charge in [-0.2, -0.15) is 0 Å². The molecule has 0 spiro atoms. The van der Waals surface area contributed by atoms with Crippen LogP contribution < -0.4 is 4.74 Å². The summed E-state index contributed by atoms with van der Waals surface area (Å²) in [6, 6.07) is 17.1. The Bertz CT molecular complexity index is 694. The summed E-state index contributed by atoms with van der Waals surface area (Å²) < 4.78 is 5.53. The molecule has 1 fully saturated rings. The van der Waals surface area contributed by atoms with Crippen molar-refractivity contribution in [3.05, 3.63) is 59.7 Å². The quantitative estimate of drug-likeness (QED) is 0.613. The van der Waals surface area contributed by atoms with E-state index in [9.17, 15) is 0 Å². The minimum Gasteiger partial charge on any atom is -0.494 e. The van der Waals surface area contributed by atoms with Crippen LogP contribution in [0.5, 0.6) is 5.75 Å². The number of benzene rings is 2. The molecule has 1 unspecified atom stereocenters. The number of ether oxygens (including phenoxy) is 1. The SMILES string of the molecule is COc1cc(C)ccc1N=C(c1ccccc1)N1CCCC1C. The van der Waals surface area contributed by atoms with Gasteiger partial charge in [-0.25, -0.2) is 4.99 Å². The number of amidine groups is 1. The lowest BCUT2D eigenvalue weighted by atomic mass is 10.1. The van der Waals surface area contributed by atoms with Gasteiger partial charge in [-0.1, -0.05) is 36.4 Å². The van der Waals surface area contributed by atoms with Crippen LogP contribution in [0.1, 0.15) is 30.9 Å². The lowest BCUT2D eigenvalue weighted by Gasteiger charge is -2.26. The molecule has 1 aliphatic heterocycles. The molecule has 0 bridgehead atoms. The number of methoxy groups -OCH3 is 1. The summed E-state index contributed by atoms with van der Waals surface area (Å²) in [6.45, 7) is 5.40. The first kappa shape index (κ1) is 15.6. The molecule has 3 heteroatoms. The smallest absolute Gasteiger partial charge is 0.144 e. The van der Waals surface area contributed by atoms with E-state index in [1.54, 1.807) is 7.11 Å². The first-order valence-corrected chi connectivity index (χ1v) is 8.24. The number of hydrogen-bond acceptors (Lipinski definition) is 2. The first-order valence-electron chi connectivity index (χ1n) is 8.24. The molecule has 1 aliphatic rings.